The fourth-order valence-corrected chi connectivity index (χ4v) is 8.85. The van der Waals surface area contributed by atoms with Gasteiger partial charge in [-0.05, 0) is 118 Å². The van der Waals surface area contributed by atoms with E-state index in [0.717, 1.165) is 35.6 Å². The summed E-state index contributed by atoms with van der Waals surface area (Å²) in [5.41, 5.74) is 12.4. The Bertz CT molecular complexity index is 2640. The second-order valence-electron chi connectivity index (χ2n) is 15.0. The summed E-state index contributed by atoms with van der Waals surface area (Å²) < 4.78 is 0. The summed E-state index contributed by atoms with van der Waals surface area (Å²) in [7, 11) is 0. The predicted molar refractivity (Wildman–Crippen MR) is 226 cm³/mol. The van der Waals surface area contributed by atoms with Crippen molar-refractivity contribution >= 4 is 66.4 Å². The van der Waals surface area contributed by atoms with Gasteiger partial charge in [-0.15, -0.1) is 0 Å². The van der Waals surface area contributed by atoms with E-state index in [-0.39, 0.29) is 5.41 Å². The van der Waals surface area contributed by atoms with E-state index in [1.165, 1.54) is 65.9 Å². The van der Waals surface area contributed by atoms with Gasteiger partial charge in [0.25, 0.3) is 0 Å². The molecule has 0 bridgehead atoms. The van der Waals surface area contributed by atoms with Crippen molar-refractivity contribution in [2.75, 3.05) is 9.80 Å². The number of aryl methyl sites for hydroxylation is 1. The molecule has 0 saturated carbocycles. The highest BCUT2D eigenvalue weighted by Crippen LogP contribution is 2.54. The van der Waals surface area contributed by atoms with Crippen LogP contribution in [0.15, 0.2) is 182 Å². The molecule has 2 heteroatoms. The maximum Gasteiger partial charge on any atom is 0.0546 e. The van der Waals surface area contributed by atoms with Crippen molar-refractivity contribution in [3.05, 3.63) is 193 Å². The topological polar surface area (TPSA) is 6.48 Å². The minimum Gasteiger partial charge on any atom is -0.310 e. The molecule has 0 amide bonds. The lowest BCUT2D eigenvalue weighted by atomic mass is 9.70. The third kappa shape index (κ3) is 5.09. The molecule has 254 valence electrons. The van der Waals surface area contributed by atoms with Crippen LogP contribution in [0.3, 0.4) is 0 Å². The van der Waals surface area contributed by atoms with Crippen LogP contribution in [0.1, 0.15) is 31.4 Å². The van der Waals surface area contributed by atoms with Crippen molar-refractivity contribution in [3.63, 3.8) is 0 Å². The van der Waals surface area contributed by atoms with Crippen LogP contribution in [-0.4, -0.2) is 0 Å². The lowest BCUT2D eigenvalue weighted by Gasteiger charge is -2.37. The lowest BCUT2D eigenvalue weighted by Crippen LogP contribution is -2.24. The molecule has 0 saturated heterocycles. The van der Waals surface area contributed by atoms with E-state index in [9.17, 15) is 0 Å². The highest BCUT2D eigenvalue weighted by Gasteiger charge is 2.33. The molecular weight excluding hydrogens is 641 g/mol. The zero-order valence-electron chi connectivity index (χ0n) is 30.1. The van der Waals surface area contributed by atoms with Gasteiger partial charge in [0.15, 0.2) is 0 Å². The quantitative estimate of drug-likeness (QED) is 0.155. The smallest absolute Gasteiger partial charge is 0.0546 e. The molecule has 0 spiro atoms. The highest BCUT2D eigenvalue weighted by molar-refractivity contribution is 6.32. The van der Waals surface area contributed by atoms with Crippen LogP contribution in [0.25, 0.3) is 43.4 Å². The molecule has 0 aromatic heterocycles. The fourth-order valence-electron chi connectivity index (χ4n) is 8.85. The average Bonchev–Trinajstić information content (AvgIpc) is 3.21. The van der Waals surface area contributed by atoms with Gasteiger partial charge in [-0.2, -0.15) is 0 Å². The molecule has 0 atom stereocenters. The van der Waals surface area contributed by atoms with Crippen LogP contribution >= 0.6 is 0 Å². The zero-order valence-corrected chi connectivity index (χ0v) is 30.1. The molecular formula is C51H40N2. The third-order valence-electron chi connectivity index (χ3n) is 11.4. The van der Waals surface area contributed by atoms with Crippen molar-refractivity contribution in [1.29, 1.82) is 0 Å². The average molecular weight is 681 g/mol. The molecule has 53 heavy (non-hydrogen) atoms. The summed E-state index contributed by atoms with van der Waals surface area (Å²) in [5.74, 6) is 0. The van der Waals surface area contributed by atoms with E-state index in [1.807, 2.05) is 0 Å². The molecule has 1 aliphatic carbocycles. The van der Waals surface area contributed by atoms with Crippen molar-refractivity contribution in [1.82, 2.24) is 0 Å². The minimum atomic E-state index is 0.0134. The second-order valence-corrected chi connectivity index (χ2v) is 15.0. The van der Waals surface area contributed by atoms with E-state index in [0.29, 0.717) is 0 Å². The summed E-state index contributed by atoms with van der Waals surface area (Å²) in [6.07, 6.45) is 2.13. The van der Waals surface area contributed by atoms with Crippen LogP contribution in [-0.2, 0) is 11.8 Å². The Hall–Kier alpha value is -6.38. The predicted octanol–water partition coefficient (Wildman–Crippen LogP) is 14.4. The summed E-state index contributed by atoms with van der Waals surface area (Å²) in [5, 5.41) is 7.97. The molecule has 9 aromatic rings. The summed E-state index contributed by atoms with van der Waals surface area (Å²) in [4.78, 5) is 4.92. The molecule has 1 aliphatic rings. The van der Waals surface area contributed by atoms with Crippen LogP contribution in [0.4, 0.5) is 34.1 Å². The molecule has 0 radical (unpaired) electrons. The van der Waals surface area contributed by atoms with Gasteiger partial charge in [0.05, 0.1) is 11.4 Å². The number of hydrogen-bond donors (Lipinski definition) is 0. The minimum absolute atomic E-state index is 0.0134. The summed E-state index contributed by atoms with van der Waals surface area (Å²) in [6, 6.07) is 66.7. The Labute approximate surface area is 311 Å². The van der Waals surface area contributed by atoms with Gasteiger partial charge >= 0.3 is 0 Å². The largest absolute Gasteiger partial charge is 0.310 e. The lowest BCUT2D eigenvalue weighted by molar-refractivity contribution is 0.475. The fraction of sp³-hybridized carbons (Fsp3) is 0.0980. The summed E-state index contributed by atoms with van der Waals surface area (Å²) >= 11 is 0. The first-order chi connectivity index (χ1) is 26.1. The Kier molecular flexibility index (Phi) is 7.33. The van der Waals surface area contributed by atoms with Crippen LogP contribution in [0.2, 0.25) is 0 Å². The highest BCUT2D eigenvalue weighted by atomic mass is 15.1. The maximum atomic E-state index is 2.56. The number of nitrogens with zero attached hydrogens (tertiary/aromatic N) is 2. The van der Waals surface area contributed by atoms with Gasteiger partial charge in [0, 0.05) is 44.3 Å². The van der Waals surface area contributed by atoms with Crippen LogP contribution in [0, 0.1) is 0 Å². The van der Waals surface area contributed by atoms with E-state index in [4.69, 9.17) is 0 Å². The van der Waals surface area contributed by atoms with Gasteiger partial charge in [0.1, 0.15) is 0 Å². The molecule has 0 heterocycles. The maximum absolute atomic E-state index is 2.56. The van der Waals surface area contributed by atoms with E-state index in [1.54, 1.807) is 0 Å². The van der Waals surface area contributed by atoms with E-state index < -0.39 is 0 Å². The number of rotatable bonds is 7. The van der Waals surface area contributed by atoms with Crippen molar-refractivity contribution in [3.8, 4) is 11.1 Å². The van der Waals surface area contributed by atoms with E-state index in [2.05, 4.69) is 206 Å². The first-order valence-corrected chi connectivity index (χ1v) is 18.7. The Morgan fingerprint density at radius 3 is 1.38 bits per heavy atom. The number of benzene rings is 9. The SMILES string of the molecule is CC1(C)CCc2cc(N(c3ccccc3)c3ccccc3)c3ccc4c(-c5ccccc5)cc(N(c5ccccc5)c5ccccc5)c5cc1c2c3c45. The molecule has 0 unspecified atom stereocenters. The normalized spacial score (nSPS) is 13.5. The van der Waals surface area contributed by atoms with Crippen molar-refractivity contribution in [2.24, 2.45) is 0 Å². The molecule has 2 nitrogen and oxygen atoms in total. The van der Waals surface area contributed by atoms with Gasteiger partial charge in [-0.25, -0.2) is 0 Å². The summed E-state index contributed by atoms with van der Waals surface area (Å²) in [6.45, 7) is 4.88. The van der Waals surface area contributed by atoms with Gasteiger partial charge in [-0.1, -0.05) is 129 Å². The molecule has 9 aromatic carbocycles. The Morgan fingerprint density at radius 1 is 0.415 bits per heavy atom. The number of anilines is 6. The standard InChI is InChI=1S/C51H40N2/c1-51(2)31-30-36-32-46(52(37-20-10-4-11-21-37)38-22-12-5-13-23-38)42-29-28-41-43(35-18-8-3-9-19-35)34-47(44-33-45(51)48(36)50(42)49(41)44)53(39-24-14-6-15-25-39)40-26-16-7-17-27-40/h3-29,32-34H,30-31H2,1-2H3. The molecule has 0 fully saturated rings. The van der Waals surface area contributed by atoms with Gasteiger partial charge in [-0.3, -0.25) is 0 Å². The monoisotopic (exact) mass is 680 g/mol. The van der Waals surface area contributed by atoms with Gasteiger partial charge in [0.2, 0.25) is 0 Å². The molecule has 0 aliphatic heterocycles. The Morgan fingerprint density at radius 2 is 0.868 bits per heavy atom. The van der Waals surface area contributed by atoms with Gasteiger partial charge < -0.3 is 9.80 Å². The first-order valence-electron chi connectivity index (χ1n) is 18.7. The number of para-hydroxylation sites is 4. The van der Waals surface area contributed by atoms with Crippen molar-refractivity contribution < 1.29 is 0 Å². The van der Waals surface area contributed by atoms with Crippen LogP contribution in [0.5, 0.6) is 0 Å². The van der Waals surface area contributed by atoms with Crippen LogP contribution < -0.4 is 9.80 Å². The molecule has 0 N–H and O–H groups in total. The van der Waals surface area contributed by atoms with E-state index >= 15 is 0 Å². The number of hydrogen-bond acceptors (Lipinski definition) is 2. The Balaban J connectivity index is 1.40. The first kappa shape index (κ1) is 31.4. The zero-order chi connectivity index (χ0) is 35.5. The van der Waals surface area contributed by atoms with Crippen molar-refractivity contribution in [2.45, 2.75) is 32.1 Å². The second kappa shape index (κ2) is 12.4. The molecule has 10 rings (SSSR count). The third-order valence-corrected chi connectivity index (χ3v) is 11.4.